The summed E-state index contributed by atoms with van der Waals surface area (Å²) in [4.78, 5) is 20.2. The van der Waals surface area contributed by atoms with E-state index in [9.17, 15) is 4.79 Å². The Kier molecular flexibility index (Phi) is 3.65. The largest absolute Gasteiger partial charge is 0.345 e. The average molecular weight is 335 g/mol. The first-order chi connectivity index (χ1) is 12.2. The van der Waals surface area contributed by atoms with Crippen LogP contribution < -0.4 is 5.32 Å². The molecule has 1 N–H and O–H groups in total. The Hall–Kier alpha value is -3.62. The molecular formula is C16H13N7O2. The normalized spacial score (nSPS) is 10.9. The van der Waals surface area contributed by atoms with E-state index >= 15 is 0 Å². The first kappa shape index (κ1) is 14.9. The molecule has 124 valence electrons. The summed E-state index contributed by atoms with van der Waals surface area (Å²) in [5, 5.41) is 14.8. The maximum absolute atomic E-state index is 12.1. The van der Waals surface area contributed by atoms with E-state index in [1.165, 1.54) is 6.20 Å². The van der Waals surface area contributed by atoms with Crippen molar-refractivity contribution in [3.05, 3.63) is 60.1 Å². The standard InChI is InChI=1S/C16H13N7O2/c1-10-19-16(25-22-10)11-4-6-23-13(7-11)20-21-14(23)9-18-15(24)12-3-2-5-17-8-12/h2-8H,9H2,1H3,(H,18,24). The SMILES string of the molecule is Cc1noc(-c2ccn3c(CNC(=O)c4cccnc4)nnc3c2)n1. The van der Waals surface area contributed by atoms with Crippen LogP contribution in [-0.4, -0.2) is 35.6 Å². The number of aromatic nitrogens is 6. The Morgan fingerprint density at radius 3 is 3.00 bits per heavy atom. The third-order valence-electron chi connectivity index (χ3n) is 3.59. The van der Waals surface area contributed by atoms with E-state index in [2.05, 4.69) is 30.6 Å². The lowest BCUT2D eigenvalue weighted by Crippen LogP contribution is -2.24. The molecule has 0 aromatic carbocycles. The van der Waals surface area contributed by atoms with Gasteiger partial charge in [-0.3, -0.25) is 14.2 Å². The summed E-state index contributed by atoms with van der Waals surface area (Å²) in [6, 6.07) is 7.03. The molecule has 4 aromatic rings. The van der Waals surface area contributed by atoms with Gasteiger partial charge in [-0.15, -0.1) is 10.2 Å². The molecule has 25 heavy (non-hydrogen) atoms. The van der Waals surface area contributed by atoms with Crippen molar-refractivity contribution in [1.82, 2.24) is 35.0 Å². The number of pyridine rings is 2. The van der Waals surface area contributed by atoms with Gasteiger partial charge in [-0.2, -0.15) is 4.98 Å². The summed E-state index contributed by atoms with van der Waals surface area (Å²) < 4.78 is 6.94. The fourth-order valence-electron chi connectivity index (χ4n) is 2.37. The molecule has 0 unspecified atom stereocenters. The lowest BCUT2D eigenvalue weighted by atomic mass is 10.2. The van der Waals surface area contributed by atoms with Crippen LogP contribution in [-0.2, 0) is 6.54 Å². The average Bonchev–Trinajstić information content (AvgIpc) is 3.26. The first-order valence-corrected chi connectivity index (χ1v) is 7.53. The molecule has 9 nitrogen and oxygen atoms in total. The number of aryl methyl sites for hydroxylation is 1. The maximum Gasteiger partial charge on any atom is 0.258 e. The highest BCUT2D eigenvalue weighted by molar-refractivity contribution is 5.93. The van der Waals surface area contributed by atoms with Crippen LogP contribution in [0.3, 0.4) is 0 Å². The third-order valence-corrected chi connectivity index (χ3v) is 3.59. The Labute approximate surface area is 141 Å². The van der Waals surface area contributed by atoms with Gasteiger partial charge in [-0.25, -0.2) is 0 Å². The van der Waals surface area contributed by atoms with Crippen LogP contribution in [0.5, 0.6) is 0 Å². The van der Waals surface area contributed by atoms with E-state index in [0.717, 1.165) is 5.56 Å². The van der Waals surface area contributed by atoms with Gasteiger partial charge >= 0.3 is 0 Å². The van der Waals surface area contributed by atoms with Crippen LogP contribution in [0.4, 0.5) is 0 Å². The molecule has 1 amide bonds. The highest BCUT2D eigenvalue weighted by Gasteiger charge is 2.12. The van der Waals surface area contributed by atoms with E-state index < -0.39 is 0 Å². The zero-order valence-corrected chi connectivity index (χ0v) is 13.2. The minimum atomic E-state index is -0.220. The van der Waals surface area contributed by atoms with Gasteiger partial charge in [-0.05, 0) is 31.2 Å². The number of amides is 1. The molecule has 0 radical (unpaired) electrons. The quantitative estimate of drug-likeness (QED) is 0.600. The summed E-state index contributed by atoms with van der Waals surface area (Å²) in [7, 11) is 0. The van der Waals surface area contributed by atoms with E-state index in [-0.39, 0.29) is 12.5 Å². The van der Waals surface area contributed by atoms with Crippen molar-refractivity contribution in [1.29, 1.82) is 0 Å². The number of carbonyl (C=O) groups is 1. The summed E-state index contributed by atoms with van der Waals surface area (Å²) in [5.74, 6) is 1.38. The second kappa shape index (κ2) is 6.11. The van der Waals surface area contributed by atoms with Crippen LogP contribution in [0.25, 0.3) is 17.1 Å². The number of hydrogen-bond donors (Lipinski definition) is 1. The third kappa shape index (κ3) is 2.94. The summed E-state index contributed by atoms with van der Waals surface area (Å²) in [5.41, 5.74) is 1.87. The molecule has 0 atom stereocenters. The number of rotatable bonds is 4. The van der Waals surface area contributed by atoms with Gasteiger partial charge in [0.25, 0.3) is 11.8 Å². The lowest BCUT2D eigenvalue weighted by Gasteiger charge is -2.04. The van der Waals surface area contributed by atoms with Crippen molar-refractivity contribution in [3.63, 3.8) is 0 Å². The number of fused-ring (bicyclic) bond motifs is 1. The van der Waals surface area contributed by atoms with Crippen molar-refractivity contribution >= 4 is 11.6 Å². The Morgan fingerprint density at radius 2 is 2.24 bits per heavy atom. The van der Waals surface area contributed by atoms with Gasteiger partial charge in [0.05, 0.1) is 12.1 Å². The van der Waals surface area contributed by atoms with Crippen molar-refractivity contribution in [2.45, 2.75) is 13.5 Å². The van der Waals surface area contributed by atoms with E-state index in [0.29, 0.717) is 28.8 Å². The number of carbonyl (C=O) groups excluding carboxylic acids is 1. The predicted molar refractivity (Wildman–Crippen MR) is 86.4 cm³/mol. The fraction of sp³-hybridized carbons (Fsp3) is 0.125. The van der Waals surface area contributed by atoms with Gasteiger partial charge < -0.3 is 9.84 Å². The second-order valence-electron chi connectivity index (χ2n) is 5.33. The lowest BCUT2D eigenvalue weighted by molar-refractivity contribution is 0.0949. The molecule has 0 aliphatic carbocycles. The summed E-state index contributed by atoms with van der Waals surface area (Å²) in [6.45, 7) is 2.00. The van der Waals surface area contributed by atoms with Gasteiger partial charge in [0.2, 0.25) is 0 Å². The predicted octanol–water partition coefficient (Wildman–Crippen LogP) is 1.41. The van der Waals surface area contributed by atoms with Crippen LogP contribution >= 0.6 is 0 Å². The number of nitrogens with one attached hydrogen (secondary N) is 1. The van der Waals surface area contributed by atoms with Crippen LogP contribution in [0.2, 0.25) is 0 Å². The van der Waals surface area contributed by atoms with E-state index in [1.54, 1.807) is 41.9 Å². The molecule has 9 heteroatoms. The van der Waals surface area contributed by atoms with Crippen LogP contribution in [0.1, 0.15) is 22.0 Å². The van der Waals surface area contributed by atoms with Gasteiger partial charge in [0, 0.05) is 24.2 Å². The molecule has 0 bridgehead atoms. The van der Waals surface area contributed by atoms with Crippen molar-refractivity contribution < 1.29 is 9.32 Å². The Bertz CT molecular complexity index is 1040. The number of nitrogens with zero attached hydrogens (tertiary/aromatic N) is 6. The molecular weight excluding hydrogens is 322 g/mol. The van der Waals surface area contributed by atoms with Crippen molar-refractivity contribution in [3.8, 4) is 11.5 Å². The van der Waals surface area contributed by atoms with E-state index in [4.69, 9.17) is 4.52 Å². The van der Waals surface area contributed by atoms with Crippen LogP contribution in [0, 0.1) is 6.92 Å². The molecule has 0 spiro atoms. The van der Waals surface area contributed by atoms with Gasteiger partial charge in [-0.1, -0.05) is 5.16 Å². The zero-order valence-electron chi connectivity index (χ0n) is 13.2. The van der Waals surface area contributed by atoms with Crippen LogP contribution in [0.15, 0.2) is 47.4 Å². The van der Waals surface area contributed by atoms with Crippen molar-refractivity contribution in [2.75, 3.05) is 0 Å². The Balaban J connectivity index is 1.54. The highest BCUT2D eigenvalue weighted by Crippen LogP contribution is 2.18. The van der Waals surface area contributed by atoms with E-state index in [1.807, 2.05) is 6.07 Å². The zero-order chi connectivity index (χ0) is 17.2. The molecule has 4 aromatic heterocycles. The van der Waals surface area contributed by atoms with Gasteiger partial charge in [0.1, 0.15) is 0 Å². The Morgan fingerprint density at radius 1 is 1.32 bits per heavy atom. The summed E-state index contributed by atoms with van der Waals surface area (Å²) >= 11 is 0. The number of hydrogen-bond acceptors (Lipinski definition) is 7. The summed E-state index contributed by atoms with van der Waals surface area (Å²) in [6.07, 6.45) is 4.93. The molecule has 4 rings (SSSR count). The highest BCUT2D eigenvalue weighted by atomic mass is 16.5. The first-order valence-electron chi connectivity index (χ1n) is 7.53. The second-order valence-corrected chi connectivity index (χ2v) is 5.33. The fourth-order valence-corrected chi connectivity index (χ4v) is 2.37. The molecule has 4 heterocycles. The minimum Gasteiger partial charge on any atom is -0.345 e. The molecule has 0 aliphatic rings. The molecule has 0 saturated carbocycles. The van der Waals surface area contributed by atoms with Gasteiger partial charge in [0.15, 0.2) is 17.3 Å². The van der Waals surface area contributed by atoms with Crippen molar-refractivity contribution in [2.24, 2.45) is 0 Å². The topological polar surface area (TPSA) is 111 Å². The maximum atomic E-state index is 12.1. The molecule has 0 aliphatic heterocycles. The smallest absolute Gasteiger partial charge is 0.258 e. The molecule has 0 fully saturated rings. The molecule has 0 saturated heterocycles. The monoisotopic (exact) mass is 335 g/mol. The minimum absolute atomic E-state index is 0.220.